The molecule has 5 rings (SSSR count). The molecule has 1 aromatic carbocycles. The van der Waals surface area contributed by atoms with Gasteiger partial charge in [-0.15, -0.1) is 0 Å². The molecule has 0 saturated carbocycles. The van der Waals surface area contributed by atoms with E-state index < -0.39 is 22.9 Å². The molecule has 3 aliphatic rings. The predicted octanol–water partition coefficient (Wildman–Crippen LogP) is 0.491. The summed E-state index contributed by atoms with van der Waals surface area (Å²) in [5, 5.41) is 6.93. The monoisotopic (exact) mass is 526 g/mol. The van der Waals surface area contributed by atoms with E-state index in [0.717, 1.165) is 59.6 Å². The van der Waals surface area contributed by atoms with Crippen LogP contribution in [0.2, 0.25) is 0 Å². The largest absolute Gasteiger partial charge is 1.00 e. The average Bonchev–Trinajstić information content (AvgIpc) is 3.59. The van der Waals surface area contributed by atoms with Gasteiger partial charge in [-0.3, -0.25) is 18.7 Å². The van der Waals surface area contributed by atoms with Crippen LogP contribution in [0.15, 0.2) is 18.5 Å². The number of rotatable bonds is 7. The van der Waals surface area contributed by atoms with Crippen LogP contribution in [0.3, 0.4) is 0 Å². The van der Waals surface area contributed by atoms with E-state index in [1.54, 1.807) is 20.3 Å². The minimum Gasteiger partial charge on any atom is -0.423 e. The zero-order valence-corrected chi connectivity index (χ0v) is 24.0. The Morgan fingerprint density at radius 2 is 1.78 bits per heavy atom. The minimum atomic E-state index is -4.37. The maximum absolute atomic E-state index is 13.4. The van der Waals surface area contributed by atoms with Crippen LogP contribution in [-0.2, 0) is 42.9 Å². The Morgan fingerprint density at radius 1 is 1.14 bits per heavy atom. The number of carbonyl (C=O) groups excluding carboxylic acids is 1. The zero-order chi connectivity index (χ0) is 24.7. The van der Waals surface area contributed by atoms with E-state index in [-0.39, 0.29) is 48.2 Å². The van der Waals surface area contributed by atoms with Crippen LogP contribution in [0.1, 0.15) is 47.9 Å². The van der Waals surface area contributed by atoms with Gasteiger partial charge in [0, 0.05) is 31.9 Å². The summed E-state index contributed by atoms with van der Waals surface area (Å²) in [5.41, 5.74) is 5.79. The van der Waals surface area contributed by atoms with Crippen molar-refractivity contribution in [3.8, 4) is 0 Å². The molecule has 9 nitrogen and oxygen atoms in total. The van der Waals surface area contributed by atoms with Crippen LogP contribution in [0, 0.1) is 0 Å². The van der Waals surface area contributed by atoms with Crippen LogP contribution < -0.4 is 39.2 Å². The zero-order valence-electron chi connectivity index (χ0n) is 21.2. The SMILES string of the molecule is CN1C(CF)CCC1CN(c1cnn(C)c1)S(=O)(=O)[N-]C(=O)Nc1c2c(cc3c1CCC3)CCC2.[Na+]. The standard InChI is InChI=1S/C24H33FN6O3S.Na/c1-29-14-20(13-26-29)31(15-19-10-9-18(12-25)30(19)2)35(33,34)28-24(32)27-23-21-7-3-5-16(21)11-17-6-4-8-22(17)23;/h11,13-14,18-19H,3-10,12,15H2,1-2H3,(H2,27,28,32);/q;+1/p-1. The van der Waals surface area contributed by atoms with Gasteiger partial charge < -0.3 is 10.0 Å². The summed E-state index contributed by atoms with van der Waals surface area (Å²) in [5.74, 6) is 0. The van der Waals surface area contributed by atoms with Gasteiger partial charge in [-0.05, 0) is 86.4 Å². The number of likely N-dealkylation sites (N-methyl/N-ethyl adjacent to an activating group) is 1. The topological polar surface area (TPSA) is 102 Å². The molecule has 2 atom stereocenters. The van der Waals surface area contributed by atoms with Gasteiger partial charge in [-0.1, -0.05) is 6.07 Å². The number of halogens is 1. The van der Waals surface area contributed by atoms with Gasteiger partial charge in [-0.25, -0.2) is 12.8 Å². The van der Waals surface area contributed by atoms with Gasteiger partial charge >= 0.3 is 29.6 Å². The number of nitrogens with zero attached hydrogens (tertiary/aromatic N) is 5. The summed E-state index contributed by atoms with van der Waals surface area (Å²) in [6, 6.07) is 0.932. The number of likely N-dealkylation sites (tertiary alicyclic amines) is 1. The molecule has 2 heterocycles. The Balaban J connectivity index is 0.00000304. The van der Waals surface area contributed by atoms with Gasteiger partial charge in [0.25, 0.3) is 10.2 Å². The first-order chi connectivity index (χ1) is 16.8. The Bertz CT molecular complexity index is 1200. The fourth-order valence-corrected chi connectivity index (χ4v) is 6.88. The Labute approximate surface area is 234 Å². The van der Waals surface area contributed by atoms with Crippen molar-refractivity contribution >= 4 is 27.6 Å². The van der Waals surface area contributed by atoms with Gasteiger partial charge in [-0.2, -0.15) is 5.10 Å². The van der Waals surface area contributed by atoms with Crippen molar-refractivity contribution in [2.24, 2.45) is 7.05 Å². The van der Waals surface area contributed by atoms with Crippen LogP contribution in [0.4, 0.5) is 20.6 Å². The molecule has 0 spiro atoms. The maximum Gasteiger partial charge on any atom is 1.00 e. The Hall–Kier alpha value is -1.66. The number of urea groups is 1. The molecule has 2 aromatic rings. The van der Waals surface area contributed by atoms with Crippen molar-refractivity contribution in [1.82, 2.24) is 14.7 Å². The summed E-state index contributed by atoms with van der Waals surface area (Å²) in [4.78, 5) is 14.9. The molecule has 1 aliphatic heterocycles. The molecule has 36 heavy (non-hydrogen) atoms. The molecule has 1 saturated heterocycles. The second-order valence-electron chi connectivity index (χ2n) is 9.84. The van der Waals surface area contributed by atoms with Crippen LogP contribution >= 0.6 is 0 Å². The quantitative estimate of drug-likeness (QED) is 0.530. The van der Waals surface area contributed by atoms with Gasteiger partial charge in [0.15, 0.2) is 6.03 Å². The van der Waals surface area contributed by atoms with E-state index in [9.17, 15) is 17.6 Å². The van der Waals surface area contributed by atoms with Crippen LogP contribution in [-0.4, -0.2) is 61.5 Å². The molecule has 1 fully saturated rings. The van der Waals surface area contributed by atoms with E-state index in [1.807, 2.05) is 4.90 Å². The van der Waals surface area contributed by atoms with Crippen LogP contribution in [0.5, 0.6) is 0 Å². The molecule has 0 radical (unpaired) electrons. The molecule has 1 N–H and O–H groups in total. The molecule has 1 aromatic heterocycles. The number of benzene rings is 1. The molecule has 0 bridgehead atoms. The third-order valence-electron chi connectivity index (χ3n) is 7.70. The first-order valence-corrected chi connectivity index (χ1v) is 13.7. The van der Waals surface area contributed by atoms with Crippen molar-refractivity contribution < 1.29 is 47.2 Å². The Kier molecular flexibility index (Phi) is 8.35. The fourth-order valence-electron chi connectivity index (χ4n) is 5.81. The molecular weight excluding hydrogens is 494 g/mol. The number of aromatic nitrogens is 2. The number of alkyl halides is 1. The maximum atomic E-state index is 13.4. The normalized spacial score (nSPS) is 21.1. The molecule has 2 unspecified atom stereocenters. The van der Waals surface area contributed by atoms with Crippen molar-refractivity contribution in [1.29, 1.82) is 0 Å². The number of nitrogens with one attached hydrogen (secondary N) is 1. The molecular formula is C24H32FN6NaO3S. The number of hydrogen-bond donors (Lipinski definition) is 1. The van der Waals surface area contributed by atoms with Crippen LogP contribution in [0.25, 0.3) is 4.72 Å². The minimum absolute atomic E-state index is 0. The van der Waals surface area contributed by atoms with Crippen molar-refractivity contribution in [3.63, 3.8) is 0 Å². The van der Waals surface area contributed by atoms with Gasteiger partial charge in [0.05, 0.1) is 11.9 Å². The summed E-state index contributed by atoms with van der Waals surface area (Å²) >= 11 is 0. The predicted molar refractivity (Wildman–Crippen MR) is 133 cm³/mol. The molecule has 2 amide bonds. The number of anilines is 2. The number of hydrogen-bond acceptors (Lipinski definition) is 5. The molecule has 2 aliphatic carbocycles. The second-order valence-corrected chi connectivity index (χ2v) is 11.4. The van der Waals surface area contributed by atoms with Gasteiger partial charge in [0.1, 0.15) is 6.67 Å². The van der Waals surface area contributed by atoms with E-state index in [4.69, 9.17) is 0 Å². The number of amides is 2. The Morgan fingerprint density at radius 3 is 2.33 bits per heavy atom. The summed E-state index contributed by atoms with van der Waals surface area (Å²) in [6.45, 7) is -0.418. The fraction of sp³-hybridized carbons (Fsp3) is 0.583. The second kappa shape index (κ2) is 11.0. The number of fused-ring (bicyclic) bond motifs is 2. The van der Waals surface area contributed by atoms with Crippen molar-refractivity contribution in [3.05, 3.63) is 45.4 Å². The summed E-state index contributed by atoms with van der Waals surface area (Å²) in [6.07, 6.45) is 10.1. The molecule has 12 heteroatoms. The van der Waals surface area contributed by atoms with E-state index in [2.05, 4.69) is 21.2 Å². The first kappa shape index (κ1) is 27.4. The summed E-state index contributed by atoms with van der Waals surface area (Å²) in [7, 11) is -0.880. The summed E-state index contributed by atoms with van der Waals surface area (Å²) < 4.78 is 46.5. The average molecular weight is 527 g/mol. The van der Waals surface area contributed by atoms with E-state index in [0.29, 0.717) is 18.5 Å². The van der Waals surface area contributed by atoms with Crippen molar-refractivity contribution in [2.75, 3.05) is 29.9 Å². The third kappa shape index (κ3) is 5.31. The molecule has 190 valence electrons. The third-order valence-corrected chi connectivity index (χ3v) is 9.01. The van der Waals surface area contributed by atoms with Gasteiger partial charge in [0.2, 0.25) is 0 Å². The smallest absolute Gasteiger partial charge is 0.423 e. The number of carbonyl (C=O) groups is 1. The number of aryl methyl sites for hydroxylation is 3. The van der Waals surface area contributed by atoms with E-state index in [1.165, 1.54) is 22.0 Å². The van der Waals surface area contributed by atoms with Crippen molar-refractivity contribution in [2.45, 2.75) is 63.5 Å². The first-order valence-electron chi connectivity index (χ1n) is 12.3. The van der Waals surface area contributed by atoms with E-state index >= 15 is 0 Å².